The van der Waals surface area contributed by atoms with E-state index in [2.05, 4.69) is 19.2 Å². The van der Waals surface area contributed by atoms with E-state index in [1.54, 1.807) is 0 Å². The molecule has 1 saturated heterocycles. The van der Waals surface area contributed by atoms with E-state index in [0.717, 1.165) is 50.7 Å². The van der Waals surface area contributed by atoms with Gasteiger partial charge in [0.05, 0.1) is 0 Å². The predicted octanol–water partition coefficient (Wildman–Crippen LogP) is 2.74. The van der Waals surface area contributed by atoms with Gasteiger partial charge in [0.1, 0.15) is 0 Å². The molecular weight excluding hydrogens is 226 g/mol. The smallest absolute Gasteiger partial charge is 0.223 e. The van der Waals surface area contributed by atoms with E-state index in [-0.39, 0.29) is 11.8 Å². The van der Waals surface area contributed by atoms with Crippen LogP contribution in [0.3, 0.4) is 0 Å². The van der Waals surface area contributed by atoms with Crippen LogP contribution in [-0.2, 0) is 9.53 Å². The van der Waals surface area contributed by atoms with Crippen LogP contribution in [-0.4, -0.2) is 25.2 Å². The van der Waals surface area contributed by atoms with Gasteiger partial charge in [0.25, 0.3) is 0 Å². The monoisotopic (exact) mass is 253 g/mol. The number of nitrogens with one attached hydrogen (secondary N) is 1. The molecule has 1 amide bonds. The molecule has 1 heterocycles. The number of amides is 1. The second-order valence-electron chi connectivity index (χ2n) is 6.25. The minimum Gasteiger partial charge on any atom is -0.381 e. The average Bonchev–Trinajstić information content (AvgIpc) is 2.40. The van der Waals surface area contributed by atoms with Crippen LogP contribution in [0.15, 0.2) is 0 Å². The lowest BCUT2D eigenvalue weighted by atomic mass is 9.79. The zero-order chi connectivity index (χ0) is 13.0. The molecule has 0 atom stereocenters. The average molecular weight is 253 g/mol. The van der Waals surface area contributed by atoms with Crippen molar-refractivity contribution in [2.45, 2.75) is 58.4 Å². The van der Waals surface area contributed by atoms with E-state index in [0.29, 0.717) is 6.04 Å². The second kappa shape index (κ2) is 6.55. The Morgan fingerprint density at radius 2 is 1.67 bits per heavy atom. The third-order valence-electron chi connectivity index (χ3n) is 4.65. The first-order valence-corrected chi connectivity index (χ1v) is 7.55. The molecule has 0 aromatic carbocycles. The van der Waals surface area contributed by atoms with Crippen molar-refractivity contribution >= 4 is 5.91 Å². The Labute approximate surface area is 111 Å². The number of carbonyl (C=O) groups is 1. The molecule has 2 aliphatic rings. The van der Waals surface area contributed by atoms with Crippen molar-refractivity contribution < 1.29 is 9.53 Å². The Morgan fingerprint density at radius 3 is 2.22 bits per heavy atom. The molecular formula is C15H27NO2. The minimum absolute atomic E-state index is 0.196. The molecule has 0 spiro atoms. The summed E-state index contributed by atoms with van der Waals surface area (Å²) >= 11 is 0. The molecule has 1 N–H and O–H groups in total. The van der Waals surface area contributed by atoms with Gasteiger partial charge in [-0.15, -0.1) is 0 Å². The van der Waals surface area contributed by atoms with Crippen LogP contribution in [0.25, 0.3) is 0 Å². The zero-order valence-corrected chi connectivity index (χ0v) is 11.8. The Balaban J connectivity index is 1.72. The van der Waals surface area contributed by atoms with Crippen LogP contribution in [0, 0.1) is 17.8 Å². The van der Waals surface area contributed by atoms with E-state index in [9.17, 15) is 4.79 Å². The highest BCUT2D eigenvalue weighted by Gasteiger charge is 2.27. The van der Waals surface area contributed by atoms with E-state index in [4.69, 9.17) is 4.74 Å². The number of rotatable bonds is 3. The maximum Gasteiger partial charge on any atom is 0.223 e. The molecule has 0 aromatic rings. The van der Waals surface area contributed by atoms with Gasteiger partial charge < -0.3 is 10.1 Å². The van der Waals surface area contributed by atoms with Crippen LogP contribution < -0.4 is 5.32 Å². The van der Waals surface area contributed by atoms with Crippen molar-refractivity contribution in [1.29, 1.82) is 0 Å². The topological polar surface area (TPSA) is 38.3 Å². The third-order valence-corrected chi connectivity index (χ3v) is 4.65. The van der Waals surface area contributed by atoms with Crippen molar-refractivity contribution in [3.63, 3.8) is 0 Å². The lowest BCUT2D eigenvalue weighted by Crippen LogP contribution is -2.42. The van der Waals surface area contributed by atoms with Crippen molar-refractivity contribution in [2.75, 3.05) is 13.2 Å². The van der Waals surface area contributed by atoms with Crippen molar-refractivity contribution in [1.82, 2.24) is 5.32 Å². The van der Waals surface area contributed by atoms with Gasteiger partial charge in [-0.05, 0) is 50.4 Å². The summed E-state index contributed by atoms with van der Waals surface area (Å²) < 4.78 is 5.30. The third kappa shape index (κ3) is 3.71. The van der Waals surface area contributed by atoms with E-state index in [1.807, 2.05) is 0 Å². The molecule has 0 aromatic heterocycles. The number of carbonyl (C=O) groups excluding carboxylic acids is 1. The standard InChI is InChI=1S/C15H27NO2/c1-11(2)12-3-5-14(6-4-12)16-15(17)13-7-9-18-10-8-13/h11-14H,3-10H2,1-2H3,(H,16,17). The Bertz CT molecular complexity index is 264. The quantitative estimate of drug-likeness (QED) is 0.840. The largest absolute Gasteiger partial charge is 0.381 e. The molecule has 3 heteroatoms. The summed E-state index contributed by atoms with van der Waals surface area (Å²) in [6, 6.07) is 0.426. The first-order valence-electron chi connectivity index (χ1n) is 7.55. The van der Waals surface area contributed by atoms with Crippen LogP contribution in [0.2, 0.25) is 0 Å². The van der Waals surface area contributed by atoms with Gasteiger partial charge in [-0.2, -0.15) is 0 Å². The fourth-order valence-corrected chi connectivity index (χ4v) is 3.21. The lowest BCUT2D eigenvalue weighted by molar-refractivity contribution is -0.128. The summed E-state index contributed by atoms with van der Waals surface area (Å²) in [6.07, 6.45) is 6.67. The summed E-state index contributed by atoms with van der Waals surface area (Å²) in [7, 11) is 0. The maximum absolute atomic E-state index is 12.1. The Morgan fingerprint density at radius 1 is 1.06 bits per heavy atom. The summed E-state index contributed by atoms with van der Waals surface area (Å²) in [5.74, 6) is 2.12. The van der Waals surface area contributed by atoms with E-state index in [1.165, 1.54) is 12.8 Å². The summed E-state index contributed by atoms with van der Waals surface area (Å²) in [4.78, 5) is 12.1. The molecule has 3 nitrogen and oxygen atoms in total. The lowest BCUT2D eigenvalue weighted by Gasteiger charge is -2.32. The molecule has 18 heavy (non-hydrogen) atoms. The van der Waals surface area contributed by atoms with Gasteiger partial charge in [0.2, 0.25) is 5.91 Å². The van der Waals surface area contributed by atoms with E-state index >= 15 is 0 Å². The molecule has 0 unspecified atom stereocenters. The van der Waals surface area contributed by atoms with Gasteiger partial charge in [-0.3, -0.25) is 4.79 Å². The fraction of sp³-hybridized carbons (Fsp3) is 0.933. The van der Waals surface area contributed by atoms with Crippen molar-refractivity contribution in [2.24, 2.45) is 17.8 Å². The number of ether oxygens (including phenoxy) is 1. The van der Waals surface area contributed by atoms with Crippen LogP contribution in [0.1, 0.15) is 52.4 Å². The predicted molar refractivity (Wildman–Crippen MR) is 72.3 cm³/mol. The van der Waals surface area contributed by atoms with Gasteiger partial charge in [0.15, 0.2) is 0 Å². The minimum atomic E-state index is 0.196. The van der Waals surface area contributed by atoms with Crippen LogP contribution in [0.4, 0.5) is 0 Å². The molecule has 1 aliphatic heterocycles. The molecule has 1 aliphatic carbocycles. The fourth-order valence-electron chi connectivity index (χ4n) is 3.21. The Hall–Kier alpha value is -0.570. The van der Waals surface area contributed by atoms with Gasteiger partial charge >= 0.3 is 0 Å². The Kier molecular flexibility index (Phi) is 5.04. The second-order valence-corrected chi connectivity index (χ2v) is 6.25. The summed E-state index contributed by atoms with van der Waals surface area (Å²) in [5.41, 5.74) is 0. The first-order chi connectivity index (χ1) is 8.66. The SMILES string of the molecule is CC(C)C1CCC(NC(=O)C2CCOCC2)CC1. The number of hydrogen-bond acceptors (Lipinski definition) is 2. The van der Waals surface area contributed by atoms with Crippen molar-refractivity contribution in [3.8, 4) is 0 Å². The summed E-state index contributed by atoms with van der Waals surface area (Å²) in [6.45, 7) is 6.12. The maximum atomic E-state index is 12.1. The normalized spacial score (nSPS) is 30.4. The number of hydrogen-bond donors (Lipinski definition) is 1. The highest BCUT2D eigenvalue weighted by Crippen LogP contribution is 2.30. The molecule has 0 bridgehead atoms. The highest BCUT2D eigenvalue weighted by molar-refractivity contribution is 5.79. The van der Waals surface area contributed by atoms with Crippen LogP contribution >= 0.6 is 0 Å². The molecule has 104 valence electrons. The summed E-state index contributed by atoms with van der Waals surface area (Å²) in [5, 5.41) is 3.25. The molecule has 2 fully saturated rings. The first kappa shape index (κ1) is 13.9. The van der Waals surface area contributed by atoms with Crippen molar-refractivity contribution in [3.05, 3.63) is 0 Å². The van der Waals surface area contributed by atoms with Crippen LogP contribution in [0.5, 0.6) is 0 Å². The zero-order valence-electron chi connectivity index (χ0n) is 11.8. The molecule has 0 radical (unpaired) electrons. The molecule has 1 saturated carbocycles. The van der Waals surface area contributed by atoms with Gasteiger partial charge in [0, 0.05) is 25.2 Å². The van der Waals surface area contributed by atoms with Gasteiger partial charge in [-0.1, -0.05) is 13.8 Å². The van der Waals surface area contributed by atoms with Gasteiger partial charge in [-0.25, -0.2) is 0 Å². The van der Waals surface area contributed by atoms with E-state index < -0.39 is 0 Å². The molecule has 2 rings (SSSR count). The highest BCUT2D eigenvalue weighted by atomic mass is 16.5.